The molecular formula is C12H16ClFN2O3S. The Balaban J connectivity index is 2.65. The molecular weight excluding hydrogens is 307 g/mol. The second-order valence-corrected chi connectivity index (χ2v) is 6.03. The summed E-state index contributed by atoms with van der Waals surface area (Å²) in [5.41, 5.74) is 5.06. The van der Waals surface area contributed by atoms with Crippen molar-refractivity contribution < 1.29 is 17.5 Å². The van der Waals surface area contributed by atoms with E-state index in [1.54, 1.807) is 6.08 Å². The molecule has 0 amide bonds. The van der Waals surface area contributed by atoms with Crippen LogP contribution in [0.3, 0.4) is 0 Å². The number of benzene rings is 1. The summed E-state index contributed by atoms with van der Waals surface area (Å²) in [6.07, 6.45) is 2.39. The molecule has 0 aliphatic heterocycles. The molecule has 1 rings (SSSR count). The molecule has 0 saturated heterocycles. The van der Waals surface area contributed by atoms with E-state index in [0.29, 0.717) is 13.0 Å². The summed E-state index contributed by atoms with van der Waals surface area (Å²) in [5, 5.41) is -0.225. The third-order valence-corrected chi connectivity index (χ3v) is 4.27. The van der Waals surface area contributed by atoms with Crippen LogP contribution < -0.4 is 10.5 Å². The van der Waals surface area contributed by atoms with E-state index in [1.165, 1.54) is 0 Å². The molecule has 0 aromatic heterocycles. The standard InChI is InChI=1S/C12H16ClFN2O3S/c1-2-3-5-19-6-4-16-20(17,18)12-8-11(15)10(14)7-9(12)13/h2,7-8,16H,1,3-6,15H2. The zero-order chi connectivity index (χ0) is 15.2. The second kappa shape index (κ2) is 7.58. The van der Waals surface area contributed by atoms with Crippen molar-refractivity contribution in [1.29, 1.82) is 0 Å². The average Bonchev–Trinajstić information content (AvgIpc) is 2.37. The molecule has 0 fully saturated rings. The van der Waals surface area contributed by atoms with Crippen molar-refractivity contribution >= 4 is 27.3 Å². The lowest BCUT2D eigenvalue weighted by Gasteiger charge is -2.09. The van der Waals surface area contributed by atoms with Crippen molar-refractivity contribution in [3.8, 4) is 0 Å². The number of ether oxygens (including phenoxy) is 1. The topological polar surface area (TPSA) is 81.4 Å². The second-order valence-electron chi connectivity index (χ2n) is 3.89. The fourth-order valence-corrected chi connectivity index (χ4v) is 2.91. The minimum Gasteiger partial charge on any atom is -0.396 e. The first kappa shape index (κ1) is 16.9. The lowest BCUT2D eigenvalue weighted by molar-refractivity contribution is 0.144. The summed E-state index contributed by atoms with van der Waals surface area (Å²) in [7, 11) is -3.85. The van der Waals surface area contributed by atoms with Crippen LogP contribution in [0.15, 0.2) is 29.7 Å². The molecule has 0 atom stereocenters. The first-order chi connectivity index (χ1) is 9.38. The predicted octanol–water partition coefficient (Wildman–Crippen LogP) is 1.93. The highest BCUT2D eigenvalue weighted by Crippen LogP contribution is 2.25. The monoisotopic (exact) mass is 322 g/mol. The Kier molecular flexibility index (Phi) is 6.41. The third-order valence-electron chi connectivity index (χ3n) is 2.35. The van der Waals surface area contributed by atoms with Crippen LogP contribution in [0.25, 0.3) is 0 Å². The fourth-order valence-electron chi connectivity index (χ4n) is 1.35. The molecule has 112 valence electrons. The Bertz CT molecular complexity index is 578. The molecule has 1 aromatic carbocycles. The van der Waals surface area contributed by atoms with Crippen molar-refractivity contribution in [2.75, 3.05) is 25.5 Å². The van der Waals surface area contributed by atoms with E-state index in [9.17, 15) is 12.8 Å². The zero-order valence-corrected chi connectivity index (χ0v) is 12.3. The van der Waals surface area contributed by atoms with Gasteiger partial charge in [-0.3, -0.25) is 0 Å². The van der Waals surface area contributed by atoms with Gasteiger partial charge in [0.1, 0.15) is 10.7 Å². The van der Waals surface area contributed by atoms with E-state index in [2.05, 4.69) is 11.3 Å². The summed E-state index contributed by atoms with van der Waals surface area (Å²) in [6.45, 7) is 4.29. The Hall–Kier alpha value is -1.15. The van der Waals surface area contributed by atoms with Gasteiger partial charge in [-0.2, -0.15) is 0 Å². The molecule has 20 heavy (non-hydrogen) atoms. The van der Waals surface area contributed by atoms with Crippen molar-refractivity contribution in [1.82, 2.24) is 4.72 Å². The lowest BCUT2D eigenvalue weighted by atomic mass is 10.3. The van der Waals surface area contributed by atoms with Crippen molar-refractivity contribution in [2.45, 2.75) is 11.3 Å². The summed E-state index contributed by atoms with van der Waals surface area (Å²) in [4.78, 5) is -0.260. The van der Waals surface area contributed by atoms with Gasteiger partial charge < -0.3 is 10.5 Å². The van der Waals surface area contributed by atoms with E-state index in [0.717, 1.165) is 12.1 Å². The van der Waals surface area contributed by atoms with Crippen LogP contribution in [-0.4, -0.2) is 28.2 Å². The first-order valence-corrected chi connectivity index (χ1v) is 7.67. The van der Waals surface area contributed by atoms with Gasteiger partial charge in [0.25, 0.3) is 0 Å². The van der Waals surface area contributed by atoms with E-state index < -0.39 is 15.8 Å². The van der Waals surface area contributed by atoms with Crippen LogP contribution in [0, 0.1) is 5.82 Å². The Morgan fingerprint density at radius 2 is 2.15 bits per heavy atom. The van der Waals surface area contributed by atoms with Gasteiger partial charge in [0.15, 0.2) is 0 Å². The molecule has 0 aliphatic rings. The van der Waals surface area contributed by atoms with Gasteiger partial charge in [-0.05, 0) is 18.6 Å². The highest BCUT2D eigenvalue weighted by molar-refractivity contribution is 7.89. The average molecular weight is 323 g/mol. The highest BCUT2D eigenvalue weighted by atomic mass is 35.5. The highest BCUT2D eigenvalue weighted by Gasteiger charge is 2.19. The maximum Gasteiger partial charge on any atom is 0.242 e. The largest absolute Gasteiger partial charge is 0.396 e. The number of halogens is 2. The van der Waals surface area contributed by atoms with Crippen molar-refractivity contribution in [2.24, 2.45) is 0 Å². The van der Waals surface area contributed by atoms with Crippen LogP contribution in [0.4, 0.5) is 10.1 Å². The molecule has 0 unspecified atom stereocenters. The van der Waals surface area contributed by atoms with E-state index in [1.807, 2.05) is 0 Å². The number of nitrogen functional groups attached to an aromatic ring is 1. The van der Waals surface area contributed by atoms with Crippen LogP contribution in [0.1, 0.15) is 6.42 Å². The SMILES string of the molecule is C=CCCOCCNS(=O)(=O)c1cc(N)c(F)cc1Cl. The summed E-state index contributed by atoms with van der Waals surface area (Å²) >= 11 is 5.71. The summed E-state index contributed by atoms with van der Waals surface area (Å²) in [5.74, 6) is -0.762. The van der Waals surface area contributed by atoms with Gasteiger partial charge in [0.2, 0.25) is 10.0 Å². The third kappa shape index (κ3) is 4.75. The van der Waals surface area contributed by atoms with Gasteiger partial charge in [0, 0.05) is 6.54 Å². The molecule has 1 aromatic rings. The van der Waals surface area contributed by atoms with Crippen molar-refractivity contribution in [3.63, 3.8) is 0 Å². The number of anilines is 1. The molecule has 3 N–H and O–H groups in total. The van der Waals surface area contributed by atoms with E-state index >= 15 is 0 Å². The maximum absolute atomic E-state index is 13.1. The molecule has 0 heterocycles. The van der Waals surface area contributed by atoms with Crippen LogP contribution in [-0.2, 0) is 14.8 Å². The van der Waals surface area contributed by atoms with Gasteiger partial charge in [-0.25, -0.2) is 17.5 Å². The fraction of sp³-hybridized carbons (Fsp3) is 0.333. The van der Waals surface area contributed by atoms with E-state index in [4.69, 9.17) is 22.1 Å². The van der Waals surface area contributed by atoms with Gasteiger partial charge in [-0.1, -0.05) is 17.7 Å². The molecule has 0 spiro atoms. The van der Waals surface area contributed by atoms with Gasteiger partial charge in [-0.15, -0.1) is 6.58 Å². The van der Waals surface area contributed by atoms with Crippen LogP contribution >= 0.6 is 11.6 Å². The van der Waals surface area contributed by atoms with E-state index in [-0.39, 0.29) is 28.8 Å². The molecule has 0 saturated carbocycles. The van der Waals surface area contributed by atoms with Crippen LogP contribution in [0.2, 0.25) is 5.02 Å². The molecule has 5 nitrogen and oxygen atoms in total. The molecule has 0 radical (unpaired) electrons. The lowest BCUT2D eigenvalue weighted by Crippen LogP contribution is -2.28. The minimum atomic E-state index is -3.85. The summed E-state index contributed by atoms with van der Waals surface area (Å²) < 4.78 is 44.5. The normalized spacial score (nSPS) is 11.5. The maximum atomic E-state index is 13.1. The van der Waals surface area contributed by atoms with Gasteiger partial charge in [0.05, 0.1) is 23.9 Å². The molecule has 0 bridgehead atoms. The Morgan fingerprint density at radius 3 is 2.80 bits per heavy atom. The van der Waals surface area contributed by atoms with Crippen LogP contribution in [0.5, 0.6) is 0 Å². The quantitative estimate of drug-likeness (QED) is 0.435. The first-order valence-electron chi connectivity index (χ1n) is 5.81. The number of nitrogens with one attached hydrogen (secondary N) is 1. The number of hydrogen-bond donors (Lipinski definition) is 2. The smallest absolute Gasteiger partial charge is 0.242 e. The number of rotatable bonds is 8. The zero-order valence-electron chi connectivity index (χ0n) is 10.7. The predicted molar refractivity (Wildman–Crippen MR) is 76.6 cm³/mol. The molecule has 8 heteroatoms. The molecule has 0 aliphatic carbocycles. The minimum absolute atomic E-state index is 0.0765. The Labute approximate surface area is 122 Å². The number of nitrogens with two attached hydrogens (primary N) is 1. The van der Waals surface area contributed by atoms with Gasteiger partial charge >= 0.3 is 0 Å². The Morgan fingerprint density at radius 1 is 1.45 bits per heavy atom. The number of hydrogen-bond acceptors (Lipinski definition) is 4. The van der Waals surface area contributed by atoms with Crippen molar-refractivity contribution in [3.05, 3.63) is 35.6 Å². The summed E-state index contributed by atoms with van der Waals surface area (Å²) in [6, 6.07) is 1.85. The number of sulfonamides is 1.